The number of halogens is 3. The van der Waals surface area contributed by atoms with Crippen LogP contribution in [0.2, 0.25) is 0 Å². The normalized spacial score (nSPS) is 21.1. The molecule has 0 amide bonds. The van der Waals surface area contributed by atoms with Gasteiger partial charge in [-0.05, 0) is 24.6 Å². The van der Waals surface area contributed by atoms with Crippen LogP contribution in [0.25, 0.3) is 0 Å². The molecule has 12 heteroatoms. The van der Waals surface area contributed by atoms with E-state index in [0.29, 0.717) is 23.2 Å². The minimum Gasteiger partial charge on any atom is -0.468 e. The van der Waals surface area contributed by atoms with Gasteiger partial charge < -0.3 is 19.5 Å². The summed E-state index contributed by atoms with van der Waals surface area (Å²) in [6, 6.07) is 0. The summed E-state index contributed by atoms with van der Waals surface area (Å²) >= 11 is 5.10. The number of nitrogens with zero attached hydrogens (tertiary/aromatic N) is 1. The average molecular weight is 463 g/mol. The summed E-state index contributed by atoms with van der Waals surface area (Å²) in [5.41, 5.74) is -4.07. The lowest BCUT2D eigenvalue weighted by atomic mass is 10.1. The zero-order valence-electron chi connectivity index (χ0n) is 17.0. The van der Waals surface area contributed by atoms with E-state index in [0.717, 1.165) is 6.42 Å². The highest BCUT2D eigenvalue weighted by atomic mass is 32.1. The quantitative estimate of drug-likeness (QED) is 0.449. The van der Waals surface area contributed by atoms with Crippen molar-refractivity contribution in [2.24, 2.45) is 5.92 Å². The lowest BCUT2D eigenvalue weighted by Gasteiger charge is -2.19. The lowest BCUT2D eigenvalue weighted by molar-refractivity contribution is -0.139. The Bertz CT molecular complexity index is 922. The highest BCUT2D eigenvalue weighted by molar-refractivity contribution is 7.80. The van der Waals surface area contributed by atoms with Crippen LogP contribution < -0.4 is 16.6 Å². The number of ether oxygens (including phenoxy) is 3. The molecule has 31 heavy (non-hydrogen) atoms. The first-order valence-electron chi connectivity index (χ1n) is 9.56. The number of aromatic amines is 1. The van der Waals surface area contributed by atoms with E-state index in [-0.39, 0.29) is 24.8 Å². The molecule has 0 unspecified atom stereocenters. The molecule has 0 radical (unpaired) electrons. The molecule has 2 heterocycles. The first-order valence-corrected chi connectivity index (χ1v) is 9.97. The Labute approximate surface area is 182 Å². The molecule has 0 bridgehead atoms. The Morgan fingerprint density at radius 2 is 2.19 bits per heavy atom. The average Bonchev–Trinajstić information content (AvgIpc) is 3.06. The van der Waals surface area contributed by atoms with Gasteiger partial charge in [0.25, 0.3) is 10.7 Å². The lowest BCUT2D eigenvalue weighted by Crippen LogP contribution is -2.36. The van der Waals surface area contributed by atoms with E-state index in [9.17, 15) is 22.8 Å². The molecule has 172 valence electrons. The number of aromatic nitrogens is 2. The molecule has 0 aromatic carbocycles. The Hall–Kier alpha value is -2.36. The maximum atomic E-state index is 13.1. The van der Waals surface area contributed by atoms with Crippen molar-refractivity contribution in [3.8, 4) is 12.3 Å². The molecular weight excluding hydrogens is 439 g/mol. The first-order chi connectivity index (χ1) is 14.5. The molecule has 1 aromatic rings. The number of hydrogen-bond acceptors (Lipinski definition) is 6. The van der Waals surface area contributed by atoms with Gasteiger partial charge in [0.2, 0.25) is 0 Å². The van der Waals surface area contributed by atoms with Crippen LogP contribution in [0.1, 0.15) is 38.5 Å². The van der Waals surface area contributed by atoms with Gasteiger partial charge in [0, 0.05) is 19.2 Å². The fourth-order valence-electron chi connectivity index (χ4n) is 2.92. The highest BCUT2D eigenvalue weighted by Gasteiger charge is 2.40. The molecule has 1 aliphatic heterocycles. The van der Waals surface area contributed by atoms with Crippen LogP contribution >= 0.6 is 12.2 Å². The second-order valence-electron chi connectivity index (χ2n) is 7.33. The van der Waals surface area contributed by atoms with Crippen LogP contribution in [0, 0.1) is 18.3 Å². The van der Waals surface area contributed by atoms with Crippen molar-refractivity contribution < 1.29 is 27.4 Å². The van der Waals surface area contributed by atoms with Gasteiger partial charge >= 0.3 is 11.9 Å². The molecule has 1 aliphatic rings. The molecule has 1 saturated heterocycles. The number of H-pyrrole nitrogens is 1. The fraction of sp³-hybridized carbons (Fsp3) is 0.632. The molecule has 1 fully saturated rings. The van der Waals surface area contributed by atoms with Gasteiger partial charge in [-0.25, -0.2) is 4.79 Å². The van der Waals surface area contributed by atoms with Gasteiger partial charge in [-0.15, -0.1) is 6.42 Å². The van der Waals surface area contributed by atoms with Gasteiger partial charge in [-0.1, -0.05) is 19.8 Å². The predicted molar refractivity (Wildman–Crippen MR) is 109 cm³/mol. The number of thiocarbonyl (C=S) groups is 1. The van der Waals surface area contributed by atoms with E-state index in [4.69, 9.17) is 32.9 Å². The molecule has 3 atom stereocenters. The Morgan fingerprint density at radius 1 is 1.48 bits per heavy atom. The predicted octanol–water partition coefficient (Wildman–Crippen LogP) is 1.80. The van der Waals surface area contributed by atoms with Crippen LogP contribution in [-0.4, -0.2) is 46.7 Å². The standard InChI is InChI=1S/C19H24F3N3O5S/c1-4-7-28-13-8-15(25-9-12(19(20,21)22)16(26)24-17(25)27)30-14(13)10-29-18(31)23-6-5-11(2)3/h1,9,11,13-15H,5-8,10H2,2-3H3,(H,23,31)(H,24,26,27)/t13-,14+,15+/m0/s1. The van der Waals surface area contributed by atoms with Crippen LogP contribution in [0.4, 0.5) is 13.2 Å². The topological polar surface area (TPSA) is 94.6 Å². The highest BCUT2D eigenvalue weighted by Crippen LogP contribution is 2.32. The van der Waals surface area contributed by atoms with Crippen LogP contribution in [0.15, 0.2) is 15.8 Å². The van der Waals surface area contributed by atoms with E-state index in [1.54, 1.807) is 4.98 Å². The van der Waals surface area contributed by atoms with Gasteiger partial charge in [0.15, 0.2) is 0 Å². The van der Waals surface area contributed by atoms with E-state index < -0.39 is 41.4 Å². The summed E-state index contributed by atoms with van der Waals surface area (Å²) in [5, 5.41) is 3.08. The number of rotatable bonds is 8. The number of alkyl halides is 3. The molecule has 0 aliphatic carbocycles. The molecule has 0 spiro atoms. The van der Waals surface area contributed by atoms with E-state index in [1.165, 1.54) is 0 Å². The summed E-state index contributed by atoms with van der Waals surface area (Å²) in [5.74, 6) is 2.78. The zero-order valence-corrected chi connectivity index (χ0v) is 17.8. The summed E-state index contributed by atoms with van der Waals surface area (Å²) in [7, 11) is 0. The summed E-state index contributed by atoms with van der Waals surface area (Å²) in [4.78, 5) is 25.3. The van der Waals surface area contributed by atoms with E-state index in [1.807, 2.05) is 0 Å². The van der Waals surface area contributed by atoms with Crippen LogP contribution in [-0.2, 0) is 20.4 Å². The maximum Gasteiger partial charge on any atom is 0.423 e. The largest absolute Gasteiger partial charge is 0.468 e. The monoisotopic (exact) mass is 463 g/mol. The molecule has 0 saturated carbocycles. The van der Waals surface area contributed by atoms with Crippen molar-refractivity contribution in [1.29, 1.82) is 0 Å². The Morgan fingerprint density at radius 3 is 2.81 bits per heavy atom. The van der Waals surface area contributed by atoms with Crippen LogP contribution in [0.3, 0.4) is 0 Å². The molecule has 2 N–H and O–H groups in total. The summed E-state index contributed by atoms with van der Waals surface area (Å²) in [6.07, 6.45) is -0.916. The van der Waals surface area contributed by atoms with Crippen molar-refractivity contribution in [1.82, 2.24) is 14.9 Å². The number of hydrogen-bond donors (Lipinski definition) is 2. The minimum absolute atomic E-state index is 0.0203. The van der Waals surface area contributed by atoms with Gasteiger partial charge in [-0.2, -0.15) is 13.2 Å². The first kappa shape index (κ1) is 24.9. The second kappa shape index (κ2) is 10.8. The summed E-state index contributed by atoms with van der Waals surface area (Å²) in [6.45, 7) is 4.61. The Balaban J connectivity index is 2.12. The molecule has 1 aromatic heterocycles. The van der Waals surface area contributed by atoms with Crippen LogP contribution in [0.5, 0.6) is 0 Å². The molecular formula is C19H24F3N3O5S. The SMILES string of the molecule is C#CCO[C@H]1C[C@H](n2cc(C(F)(F)F)c(=O)[nH]c2=O)O[C@@H]1COC(=S)NCCC(C)C. The summed E-state index contributed by atoms with van der Waals surface area (Å²) < 4.78 is 56.6. The number of terminal acetylenes is 1. The molecule has 8 nitrogen and oxygen atoms in total. The third-order valence-corrected chi connectivity index (χ3v) is 4.78. The fourth-order valence-corrected chi connectivity index (χ4v) is 3.09. The van der Waals surface area contributed by atoms with Crippen molar-refractivity contribution in [3.05, 3.63) is 32.6 Å². The Kier molecular flexibility index (Phi) is 8.67. The second-order valence-corrected chi connectivity index (χ2v) is 7.70. The zero-order chi connectivity index (χ0) is 23.2. The van der Waals surface area contributed by atoms with Gasteiger partial charge in [-0.3, -0.25) is 14.3 Å². The van der Waals surface area contributed by atoms with E-state index >= 15 is 0 Å². The minimum atomic E-state index is -4.93. The van der Waals surface area contributed by atoms with Gasteiger partial charge in [0.05, 0.1) is 6.10 Å². The van der Waals surface area contributed by atoms with Crippen molar-refractivity contribution in [2.75, 3.05) is 19.8 Å². The molecule has 2 rings (SSSR count). The maximum absolute atomic E-state index is 13.1. The number of nitrogens with one attached hydrogen (secondary N) is 2. The van der Waals surface area contributed by atoms with Crippen molar-refractivity contribution in [2.45, 2.75) is 51.3 Å². The van der Waals surface area contributed by atoms with Crippen molar-refractivity contribution in [3.63, 3.8) is 0 Å². The third kappa shape index (κ3) is 7.09. The van der Waals surface area contributed by atoms with Crippen molar-refractivity contribution >= 4 is 17.4 Å². The van der Waals surface area contributed by atoms with Gasteiger partial charge in [0.1, 0.15) is 31.1 Å². The third-order valence-electron chi connectivity index (χ3n) is 4.51. The smallest absolute Gasteiger partial charge is 0.423 e. The van der Waals surface area contributed by atoms with E-state index in [2.05, 4.69) is 25.1 Å².